The molecule has 6 heteroatoms. The van der Waals surface area contributed by atoms with Gasteiger partial charge in [0.05, 0.1) is 0 Å². The predicted octanol–water partition coefficient (Wildman–Crippen LogP) is 4.87. The Bertz CT molecular complexity index is 1270. The van der Waals surface area contributed by atoms with E-state index in [2.05, 4.69) is 14.7 Å². The van der Waals surface area contributed by atoms with Gasteiger partial charge in [-0.2, -0.15) is 0 Å². The average Bonchev–Trinajstić information content (AvgIpc) is 3.47. The van der Waals surface area contributed by atoms with Gasteiger partial charge in [0.15, 0.2) is 0 Å². The van der Waals surface area contributed by atoms with Crippen molar-refractivity contribution in [3.05, 3.63) is 83.4 Å². The summed E-state index contributed by atoms with van der Waals surface area (Å²) in [5.41, 5.74) is 11.7. The maximum absolute atomic E-state index is 12.5. The van der Waals surface area contributed by atoms with Crippen LogP contribution in [0.4, 0.5) is 5.82 Å². The van der Waals surface area contributed by atoms with E-state index < -0.39 is 0 Å². The quantitative estimate of drug-likeness (QED) is 0.477. The molecule has 0 radical (unpaired) electrons. The van der Waals surface area contributed by atoms with Crippen LogP contribution in [0.1, 0.15) is 58.9 Å². The molecule has 4 aromatic rings. The van der Waals surface area contributed by atoms with Crippen LogP contribution in [0.5, 0.6) is 0 Å². The zero-order chi connectivity index (χ0) is 22.1. The van der Waals surface area contributed by atoms with Gasteiger partial charge in [-0.15, -0.1) is 0 Å². The van der Waals surface area contributed by atoms with Crippen molar-refractivity contribution >= 4 is 17.2 Å². The molecule has 1 aliphatic rings. The first kappa shape index (κ1) is 20.2. The molecule has 2 aromatic heterocycles. The summed E-state index contributed by atoms with van der Waals surface area (Å²) in [6.45, 7) is 2.41. The third kappa shape index (κ3) is 3.73. The Hall–Kier alpha value is -3.67. The molecule has 0 unspecified atom stereocenters. The number of hydrogen-bond acceptors (Lipinski definition) is 4. The first-order valence-corrected chi connectivity index (χ1v) is 11.2. The summed E-state index contributed by atoms with van der Waals surface area (Å²) in [5, 5.41) is 3.01. The minimum Gasteiger partial charge on any atom is -0.382 e. The van der Waals surface area contributed by atoms with Gasteiger partial charge in [0.1, 0.15) is 22.9 Å². The van der Waals surface area contributed by atoms with Crippen LogP contribution in [0.15, 0.2) is 60.9 Å². The average molecular weight is 426 g/mol. The smallest absolute Gasteiger partial charge is 0.251 e. The second kappa shape index (κ2) is 8.46. The predicted molar refractivity (Wildman–Crippen MR) is 126 cm³/mol. The van der Waals surface area contributed by atoms with Crippen LogP contribution < -0.4 is 11.1 Å². The lowest BCUT2D eigenvalue weighted by Crippen LogP contribution is -2.23. The van der Waals surface area contributed by atoms with Gasteiger partial charge in [0.25, 0.3) is 5.91 Å². The zero-order valence-corrected chi connectivity index (χ0v) is 18.2. The Morgan fingerprint density at radius 3 is 2.62 bits per heavy atom. The van der Waals surface area contributed by atoms with E-state index >= 15 is 0 Å². The van der Waals surface area contributed by atoms with E-state index in [9.17, 15) is 4.79 Å². The lowest BCUT2D eigenvalue weighted by molar-refractivity contribution is 0.0950. The molecule has 162 valence electrons. The third-order valence-electron chi connectivity index (χ3n) is 6.40. The first-order chi connectivity index (χ1) is 15.6. The van der Waals surface area contributed by atoms with Crippen LogP contribution in [0, 0.1) is 6.92 Å². The van der Waals surface area contributed by atoms with E-state index in [1.807, 2.05) is 61.7 Å². The number of benzene rings is 2. The molecule has 1 fully saturated rings. The molecule has 32 heavy (non-hydrogen) atoms. The fourth-order valence-electron chi connectivity index (χ4n) is 4.65. The van der Waals surface area contributed by atoms with Gasteiger partial charge in [0, 0.05) is 36.0 Å². The minimum atomic E-state index is -0.0627. The summed E-state index contributed by atoms with van der Waals surface area (Å²) in [7, 11) is 0. The zero-order valence-electron chi connectivity index (χ0n) is 18.2. The number of aryl methyl sites for hydroxylation is 1. The number of aromatic nitrogens is 3. The molecule has 2 heterocycles. The van der Waals surface area contributed by atoms with Crippen molar-refractivity contribution in [3.63, 3.8) is 0 Å². The fraction of sp³-hybridized carbons (Fsp3) is 0.269. The highest BCUT2D eigenvalue weighted by Gasteiger charge is 2.25. The number of carbonyl (C=O) groups is 1. The van der Waals surface area contributed by atoms with Gasteiger partial charge in [0.2, 0.25) is 0 Å². The van der Waals surface area contributed by atoms with Gasteiger partial charge in [-0.25, -0.2) is 9.97 Å². The van der Waals surface area contributed by atoms with Crippen molar-refractivity contribution in [2.45, 2.75) is 45.1 Å². The van der Waals surface area contributed by atoms with E-state index in [-0.39, 0.29) is 5.91 Å². The minimum absolute atomic E-state index is 0.0627. The number of hydrogen-bond donors (Lipinski definition) is 2. The van der Waals surface area contributed by atoms with Gasteiger partial charge in [-0.3, -0.25) is 9.20 Å². The van der Waals surface area contributed by atoms with Crippen LogP contribution in [0.3, 0.4) is 0 Å². The Morgan fingerprint density at radius 1 is 1.12 bits per heavy atom. The number of carbonyl (C=O) groups excluding carboxylic acids is 1. The second-order valence-corrected chi connectivity index (χ2v) is 8.53. The summed E-state index contributed by atoms with van der Waals surface area (Å²) in [6.07, 6.45) is 8.54. The van der Waals surface area contributed by atoms with E-state index in [1.165, 1.54) is 25.7 Å². The van der Waals surface area contributed by atoms with Crippen LogP contribution in [-0.4, -0.2) is 20.3 Å². The van der Waals surface area contributed by atoms with Crippen LogP contribution >= 0.6 is 0 Å². The van der Waals surface area contributed by atoms with Gasteiger partial charge >= 0.3 is 0 Å². The van der Waals surface area contributed by atoms with Crippen molar-refractivity contribution in [1.82, 2.24) is 19.7 Å². The number of nitrogens with zero attached hydrogens (tertiary/aromatic N) is 3. The molecular weight excluding hydrogens is 398 g/mol. The monoisotopic (exact) mass is 425 g/mol. The number of imidazole rings is 1. The van der Waals surface area contributed by atoms with E-state index in [0.29, 0.717) is 23.8 Å². The molecule has 1 aliphatic carbocycles. The lowest BCUT2D eigenvalue weighted by atomic mass is 10.1. The molecule has 1 amide bonds. The number of nitrogen functional groups attached to an aromatic ring is 1. The Kier molecular flexibility index (Phi) is 5.35. The number of amides is 1. The van der Waals surface area contributed by atoms with E-state index in [1.54, 1.807) is 6.20 Å². The fourth-order valence-corrected chi connectivity index (χ4v) is 4.65. The largest absolute Gasteiger partial charge is 0.382 e. The van der Waals surface area contributed by atoms with E-state index in [0.717, 1.165) is 33.7 Å². The number of rotatable bonds is 5. The topological polar surface area (TPSA) is 85.3 Å². The molecule has 0 spiro atoms. The highest BCUT2D eigenvalue weighted by atomic mass is 16.1. The number of nitrogens with two attached hydrogens (primary N) is 1. The third-order valence-corrected chi connectivity index (χ3v) is 6.40. The van der Waals surface area contributed by atoms with Crippen molar-refractivity contribution in [1.29, 1.82) is 0 Å². The van der Waals surface area contributed by atoms with Crippen LogP contribution in [0.25, 0.3) is 16.8 Å². The van der Waals surface area contributed by atoms with Crippen molar-refractivity contribution in [2.75, 3.05) is 5.73 Å². The normalized spacial score (nSPS) is 14.2. The van der Waals surface area contributed by atoms with Gasteiger partial charge < -0.3 is 11.1 Å². The summed E-state index contributed by atoms with van der Waals surface area (Å²) in [4.78, 5) is 21.8. The van der Waals surface area contributed by atoms with Crippen molar-refractivity contribution < 1.29 is 4.79 Å². The summed E-state index contributed by atoms with van der Waals surface area (Å²) in [6, 6.07) is 15.8. The Balaban J connectivity index is 1.39. The molecule has 0 bridgehead atoms. The molecular formula is C26H27N5O. The lowest BCUT2D eigenvalue weighted by Gasteiger charge is -2.08. The maximum atomic E-state index is 12.5. The number of fused-ring (bicyclic) bond motifs is 1. The van der Waals surface area contributed by atoms with Crippen molar-refractivity contribution in [3.8, 4) is 11.3 Å². The van der Waals surface area contributed by atoms with Crippen LogP contribution in [0.2, 0.25) is 0 Å². The molecule has 1 saturated carbocycles. The molecule has 0 atom stereocenters. The second-order valence-electron chi connectivity index (χ2n) is 8.53. The number of nitrogens with one attached hydrogen (secondary N) is 1. The Morgan fingerprint density at radius 2 is 1.88 bits per heavy atom. The maximum Gasteiger partial charge on any atom is 0.251 e. The molecule has 2 aromatic carbocycles. The number of anilines is 1. The van der Waals surface area contributed by atoms with Crippen molar-refractivity contribution in [2.24, 2.45) is 0 Å². The molecule has 0 saturated heterocycles. The highest BCUT2D eigenvalue weighted by molar-refractivity contribution is 5.95. The van der Waals surface area contributed by atoms with E-state index in [4.69, 9.17) is 10.7 Å². The summed E-state index contributed by atoms with van der Waals surface area (Å²) in [5.74, 6) is 1.98. The van der Waals surface area contributed by atoms with Gasteiger partial charge in [-0.05, 0) is 37.0 Å². The highest BCUT2D eigenvalue weighted by Crippen LogP contribution is 2.37. The van der Waals surface area contributed by atoms with Crippen LogP contribution in [-0.2, 0) is 6.54 Å². The standard InChI is InChI=1S/C26H27N5O/c1-17-6-2-5-9-21(17)26(32)29-16-18-10-12-19(13-11-18)22-23-24(27)28-14-15-31(23)25(30-22)20-7-3-4-8-20/h2,5-6,9-15,20H,3-4,7-8,16H2,1H3,(H2,27,28)(H,29,32). The first-order valence-electron chi connectivity index (χ1n) is 11.2. The molecule has 0 aliphatic heterocycles. The molecule has 3 N–H and O–H groups in total. The summed E-state index contributed by atoms with van der Waals surface area (Å²) >= 11 is 0. The molecule has 5 rings (SSSR count). The molecule has 6 nitrogen and oxygen atoms in total. The summed E-state index contributed by atoms with van der Waals surface area (Å²) < 4.78 is 2.12. The SMILES string of the molecule is Cc1ccccc1C(=O)NCc1ccc(-c2nc(C3CCCC3)n3ccnc(N)c23)cc1. The Labute approximate surface area is 187 Å². The van der Waals surface area contributed by atoms with Gasteiger partial charge in [-0.1, -0.05) is 55.3 Å².